The largest absolute Gasteiger partial charge is 0.494 e. The predicted octanol–water partition coefficient (Wildman–Crippen LogP) is 4.01. The van der Waals surface area contributed by atoms with Crippen molar-refractivity contribution in [1.82, 2.24) is 20.0 Å². The molecule has 0 saturated carbocycles. The van der Waals surface area contributed by atoms with Gasteiger partial charge in [-0.15, -0.1) is 10.2 Å². The molecule has 1 aliphatic heterocycles. The van der Waals surface area contributed by atoms with Gasteiger partial charge in [-0.3, -0.25) is 9.80 Å². The SMILES string of the molecule is CCOc1ccc(CN2CCN(C(C)c3nnc(-c4ccccc4)o3)CC2)cc1. The van der Waals surface area contributed by atoms with Gasteiger partial charge in [-0.25, -0.2) is 0 Å². The highest BCUT2D eigenvalue weighted by molar-refractivity contribution is 5.51. The highest BCUT2D eigenvalue weighted by Gasteiger charge is 2.25. The van der Waals surface area contributed by atoms with Crippen LogP contribution in [0.15, 0.2) is 59.0 Å². The summed E-state index contributed by atoms with van der Waals surface area (Å²) in [5, 5.41) is 8.52. The van der Waals surface area contributed by atoms with Crippen molar-refractivity contribution in [3.63, 3.8) is 0 Å². The van der Waals surface area contributed by atoms with Gasteiger partial charge >= 0.3 is 0 Å². The Morgan fingerprint density at radius 2 is 1.69 bits per heavy atom. The number of hydrogen-bond acceptors (Lipinski definition) is 6. The van der Waals surface area contributed by atoms with Gasteiger partial charge < -0.3 is 9.15 Å². The molecule has 0 spiro atoms. The van der Waals surface area contributed by atoms with Crippen molar-refractivity contribution in [3.05, 3.63) is 66.1 Å². The van der Waals surface area contributed by atoms with E-state index >= 15 is 0 Å². The van der Waals surface area contributed by atoms with Crippen molar-refractivity contribution in [2.45, 2.75) is 26.4 Å². The molecule has 1 aromatic heterocycles. The van der Waals surface area contributed by atoms with E-state index in [1.807, 2.05) is 37.3 Å². The van der Waals surface area contributed by atoms with Crippen LogP contribution in [0.2, 0.25) is 0 Å². The van der Waals surface area contributed by atoms with Gasteiger partial charge in [0.15, 0.2) is 0 Å². The van der Waals surface area contributed by atoms with E-state index in [2.05, 4.69) is 51.2 Å². The number of piperazine rings is 1. The Bertz CT molecular complexity index is 887. The Balaban J connectivity index is 1.30. The van der Waals surface area contributed by atoms with Crippen molar-refractivity contribution in [1.29, 1.82) is 0 Å². The Labute approximate surface area is 172 Å². The fourth-order valence-corrected chi connectivity index (χ4v) is 3.68. The summed E-state index contributed by atoms with van der Waals surface area (Å²) < 4.78 is 11.5. The molecule has 1 aliphatic rings. The lowest BCUT2D eigenvalue weighted by Crippen LogP contribution is -2.46. The van der Waals surface area contributed by atoms with Gasteiger partial charge in [0.25, 0.3) is 0 Å². The lowest BCUT2D eigenvalue weighted by molar-refractivity contribution is 0.0876. The summed E-state index contributed by atoms with van der Waals surface area (Å²) in [6.07, 6.45) is 0. The smallest absolute Gasteiger partial charge is 0.247 e. The first-order chi connectivity index (χ1) is 14.2. The zero-order chi connectivity index (χ0) is 20.1. The normalized spacial score (nSPS) is 16.6. The quantitative estimate of drug-likeness (QED) is 0.605. The highest BCUT2D eigenvalue weighted by Crippen LogP contribution is 2.25. The summed E-state index contributed by atoms with van der Waals surface area (Å²) in [5.41, 5.74) is 2.28. The molecule has 1 fully saturated rings. The van der Waals surface area contributed by atoms with Crippen LogP contribution < -0.4 is 4.74 Å². The second-order valence-electron chi connectivity index (χ2n) is 7.38. The molecular weight excluding hydrogens is 364 g/mol. The maximum absolute atomic E-state index is 5.95. The Morgan fingerprint density at radius 3 is 2.38 bits per heavy atom. The second-order valence-corrected chi connectivity index (χ2v) is 7.38. The maximum atomic E-state index is 5.95. The summed E-state index contributed by atoms with van der Waals surface area (Å²) in [6.45, 7) is 9.84. The minimum Gasteiger partial charge on any atom is -0.494 e. The van der Waals surface area contributed by atoms with Gasteiger partial charge in [0.05, 0.1) is 12.6 Å². The molecule has 3 aromatic rings. The molecule has 2 aromatic carbocycles. The lowest BCUT2D eigenvalue weighted by Gasteiger charge is -2.36. The Morgan fingerprint density at radius 1 is 0.966 bits per heavy atom. The van der Waals surface area contributed by atoms with E-state index in [1.165, 1.54) is 5.56 Å². The summed E-state index contributed by atoms with van der Waals surface area (Å²) >= 11 is 0. The number of ether oxygens (including phenoxy) is 1. The lowest BCUT2D eigenvalue weighted by atomic mass is 10.1. The third kappa shape index (κ3) is 4.83. The van der Waals surface area contributed by atoms with Crippen LogP contribution in [0.5, 0.6) is 5.75 Å². The molecule has 0 aliphatic carbocycles. The molecule has 29 heavy (non-hydrogen) atoms. The van der Waals surface area contributed by atoms with E-state index in [0.717, 1.165) is 44.0 Å². The predicted molar refractivity (Wildman–Crippen MR) is 113 cm³/mol. The fraction of sp³-hybridized carbons (Fsp3) is 0.391. The molecule has 152 valence electrons. The molecule has 4 rings (SSSR count). The minimum atomic E-state index is 0.118. The summed E-state index contributed by atoms with van der Waals surface area (Å²) in [7, 11) is 0. The average molecular weight is 393 g/mol. The molecule has 2 heterocycles. The van der Waals surface area contributed by atoms with Crippen LogP contribution in [0.3, 0.4) is 0 Å². The van der Waals surface area contributed by atoms with Gasteiger partial charge in [-0.2, -0.15) is 0 Å². The van der Waals surface area contributed by atoms with E-state index in [9.17, 15) is 0 Å². The van der Waals surface area contributed by atoms with Crippen LogP contribution in [0, 0.1) is 0 Å². The first kappa shape index (κ1) is 19.6. The van der Waals surface area contributed by atoms with Crippen LogP contribution in [0.1, 0.15) is 31.3 Å². The highest BCUT2D eigenvalue weighted by atomic mass is 16.5. The number of benzene rings is 2. The standard InChI is InChI=1S/C23H28N4O2/c1-3-28-21-11-9-19(10-12-21)17-26-13-15-27(16-14-26)18(2)22-24-25-23(29-22)20-7-5-4-6-8-20/h4-12,18H,3,13-17H2,1-2H3. The summed E-state index contributed by atoms with van der Waals surface area (Å²) in [6, 6.07) is 18.5. The molecule has 6 heteroatoms. The van der Waals surface area contributed by atoms with Crippen molar-refractivity contribution in [3.8, 4) is 17.2 Å². The number of hydrogen-bond donors (Lipinski definition) is 0. The van der Waals surface area contributed by atoms with Crippen LogP contribution in [0.25, 0.3) is 11.5 Å². The van der Waals surface area contributed by atoms with E-state index in [4.69, 9.17) is 9.15 Å². The molecule has 0 bridgehead atoms. The van der Waals surface area contributed by atoms with Crippen molar-refractivity contribution < 1.29 is 9.15 Å². The van der Waals surface area contributed by atoms with Gasteiger partial charge in [0.1, 0.15) is 5.75 Å². The van der Waals surface area contributed by atoms with E-state index in [-0.39, 0.29) is 6.04 Å². The summed E-state index contributed by atoms with van der Waals surface area (Å²) in [5.74, 6) is 2.20. The van der Waals surface area contributed by atoms with Crippen LogP contribution >= 0.6 is 0 Å². The third-order valence-electron chi connectivity index (χ3n) is 5.41. The van der Waals surface area contributed by atoms with Gasteiger partial charge in [-0.05, 0) is 43.7 Å². The summed E-state index contributed by atoms with van der Waals surface area (Å²) in [4.78, 5) is 4.90. The molecule has 1 unspecified atom stereocenters. The van der Waals surface area contributed by atoms with Crippen molar-refractivity contribution in [2.75, 3.05) is 32.8 Å². The zero-order valence-corrected chi connectivity index (χ0v) is 17.1. The monoisotopic (exact) mass is 392 g/mol. The molecule has 0 radical (unpaired) electrons. The average Bonchev–Trinajstić information content (AvgIpc) is 3.26. The van der Waals surface area contributed by atoms with Crippen molar-refractivity contribution >= 4 is 0 Å². The topological polar surface area (TPSA) is 54.6 Å². The van der Waals surface area contributed by atoms with E-state index in [0.29, 0.717) is 18.4 Å². The molecule has 0 N–H and O–H groups in total. The number of nitrogens with zero attached hydrogens (tertiary/aromatic N) is 4. The van der Waals surface area contributed by atoms with E-state index in [1.54, 1.807) is 0 Å². The Kier molecular flexibility index (Phi) is 6.22. The van der Waals surface area contributed by atoms with Crippen LogP contribution in [-0.2, 0) is 6.54 Å². The fourth-order valence-electron chi connectivity index (χ4n) is 3.68. The second kappa shape index (κ2) is 9.20. The van der Waals surface area contributed by atoms with Gasteiger partial charge in [0, 0.05) is 38.3 Å². The number of aromatic nitrogens is 2. The minimum absolute atomic E-state index is 0.118. The van der Waals surface area contributed by atoms with E-state index < -0.39 is 0 Å². The first-order valence-electron chi connectivity index (χ1n) is 10.3. The first-order valence-corrected chi connectivity index (χ1v) is 10.3. The molecule has 6 nitrogen and oxygen atoms in total. The number of rotatable bonds is 7. The zero-order valence-electron chi connectivity index (χ0n) is 17.1. The van der Waals surface area contributed by atoms with Gasteiger partial charge in [-0.1, -0.05) is 30.3 Å². The van der Waals surface area contributed by atoms with Crippen LogP contribution in [-0.4, -0.2) is 52.8 Å². The van der Waals surface area contributed by atoms with Crippen LogP contribution in [0.4, 0.5) is 0 Å². The molecule has 1 atom stereocenters. The third-order valence-corrected chi connectivity index (χ3v) is 5.41. The van der Waals surface area contributed by atoms with Crippen molar-refractivity contribution in [2.24, 2.45) is 0 Å². The molecular formula is C23H28N4O2. The molecule has 0 amide bonds. The van der Waals surface area contributed by atoms with Gasteiger partial charge in [0.2, 0.25) is 11.8 Å². The maximum Gasteiger partial charge on any atom is 0.247 e. The Hall–Kier alpha value is -2.70. The molecule has 1 saturated heterocycles.